The SMILES string of the molecule is CC(C)COc1ccc2cc(OCCCCCCCCCl)ccc2c1. The zero-order chi connectivity index (χ0) is 17.9. The monoisotopic (exact) mass is 362 g/mol. The lowest BCUT2D eigenvalue weighted by atomic mass is 10.1. The topological polar surface area (TPSA) is 18.5 Å². The molecule has 0 saturated carbocycles. The summed E-state index contributed by atoms with van der Waals surface area (Å²) in [5, 5.41) is 2.38. The molecule has 0 amide bonds. The third kappa shape index (κ3) is 7.56. The predicted octanol–water partition coefficient (Wildman–Crippen LogP) is 6.83. The summed E-state index contributed by atoms with van der Waals surface area (Å²) in [6.45, 7) is 5.85. The van der Waals surface area contributed by atoms with Crippen molar-refractivity contribution in [3.05, 3.63) is 36.4 Å². The van der Waals surface area contributed by atoms with Gasteiger partial charge in [-0.25, -0.2) is 0 Å². The summed E-state index contributed by atoms with van der Waals surface area (Å²) >= 11 is 5.68. The molecule has 0 saturated heterocycles. The molecule has 2 aromatic rings. The molecular formula is C22H31ClO2. The zero-order valence-corrected chi connectivity index (χ0v) is 16.4. The van der Waals surface area contributed by atoms with Gasteiger partial charge in [0.05, 0.1) is 13.2 Å². The van der Waals surface area contributed by atoms with Crippen LogP contribution in [0.2, 0.25) is 0 Å². The zero-order valence-electron chi connectivity index (χ0n) is 15.6. The molecule has 0 atom stereocenters. The van der Waals surface area contributed by atoms with Crippen LogP contribution in [0.3, 0.4) is 0 Å². The first-order valence-corrected chi connectivity index (χ1v) is 10.1. The first-order valence-electron chi connectivity index (χ1n) is 9.54. The minimum Gasteiger partial charge on any atom is -0.494 e. The molecule has 0 aromatic heterocycles. The highest BCUT2D eigenvalue weighted by molar-refractivity contribution is 6.17. The van der Waals surface area contributed by atoms with Gasteiger partial charge in [0.15, 0.2) is 0 Å². The van der Waals surface area contributed by atoms with E-state index in [1.165, 1.54) is 36.5 Å². The second kappa shape index (κ2) is 11.3. The van der Waals surface area contributed by atoms with E-state index in [0.29, 0.717) is 5.92 Å². The maximum absolute atomic E-state index is 5.90. The fourth-order valence-corrected chi connectivity index (χ4v) is 2.93. The summed E-state index contributed by atoms with van der Waals surface area (Å²) in [6.07, 6.45) is 7.28. The normalized spacial score (nSPS) is 11.2. The molecule has 0 aliphatic heterocycles. The molecule has 138 valence electrons. The number of rotatable bonds is 12. The summed E-state index contributed by atoms with van der Waals surface area (Å²) in [4.78, 5) is 0. The number of ether oxygens (including phenoxy) is 2. The van der Waals surface area contributed by atoms with Gasteiger partial charge in [-0.2, -0.15) is 0 Å². The summed E-state index contributed by atoms with van der Waals surface area (Å²) in [5.41, 5.74) is 0. The van der Waals surface area contributed by atoms with Crippen molar-refractivity contribution in [3.8, 4) is 11.5 Å². The number of benzene rings is 2. The lowest BCUT2D eigenvalue weighted by molar-refractivity contribution is 0.271. The van der Waals surface area contributed by atoms with E-state index in [4.69, 9.17) is 21.1 Å². The molecule has 2 rings (SSSR count). The van der Waals surface area contributed by atoms with Crippen LogP contribution in [0, 0.1) is 5.92 Å². The Hall–Kier alpha value is -1.41. The van der Waals surface area contributed by atoms with Crippen LogP contribution in [-0.4, -0.2) is 19.1 Å². The predicted molar refractivity (Wildman–Crippen MR) is 108 cm³/mol. The van der Waals surface area contributed by atoms with E-state index in [9.17, 15) is 0 Å². The number of hydrogen-bond acceptors (Lipinski definition) is 2. The highest BCUT2D eigenvalue weighted by atomic mass is 35.5. The minimum absolute atomic E-state index is 0.534. The van der Waals surface area contributed by atoms with Gasteiger partial charge < -0.3 is 9.47 Å². The molecule has 0 aliphatic rings. The standard InChI is InChI=1S/C22H31ClO2/c1-18(2)17-25-22-12-10-19-15-21(11-9-20(19)16-22)24-14-8-6-4-3-5-7-13-23/h9-12,15-16,18H,3-8,13-14,17H2,1-2H3. The van der Waals surface area contributed by atoms with Crippen LogP contribution in [0.15, 0.2) is 36.4 Å². The van der Waals surface area contributed by atoms with Gasteiger partial charge in [0.2, 0.25) is 0 Å². The average Bonchev–Trinajstić information content (AvgIpc) is 2.62. The summed E-state index contributed by atoms with van der Waals surface area (Å²) in [5.74, 6) is 3.21. The highest BCUT2D eigenvalue weighted by Gasteiger charge is 2.02. The smallest absolute Gasteiger partial charge is 0.119 e. The van der Waals surface area contributed by atoms with Crippen molar-refractivity contribution >= 4 is 22.4 Å². The molecule has 0 fully saturated rings. The second-order valence-electron chi connectivity index (χ2n) is 7.03. The van der Waals surface area contributed by atoms with Crippen molar-refractivity contribution in [2.45, 2.75) is 52.4 Å². The van der Waals surface area contributed by atoms with Crippen molar-refractivity contribution in [2.75, 3.05) is 19.1 Å². The lowest BCUT2D eigenvalue weighted by Crippen LogP contribution is -2.04. The summed E-state index contributed by atoms with van der Waals surface area (Å²) in [6, 6.07) is 12.5. The van der Waals surface area contributed by atoms with E-state index < -0.39 is 0 Å². The lowest BCUT2D eigenvalue weighted by Gasteiger charge is -2.10. The molecule has 0 radical (unpaired) electrons. The van der Waals surface area contributed by atoms with Crippen LogP contribution < -0.4 is 9.47 Å². The van der Waals surface area contributed by atoms with Crippen LogP contribution in [0.5, 0.6) is 11.5 Å². The van der Waals surface area contributed by atoms with E-state index in [1.807, 2.05) is 6.07 Å². The first kappa shape index (κ1) is 19.9. The number of unbranched alkanes of at least 4 members (excludes halogenated alkanes) is 5. The minimum atomic E-state index is 0.534. The molecule has 0 unspecified atom stereocenters. The van der Waals surface area contributed by atoms with Gasteiger partial charge in [0.1, 0.15) is 11.5 Å². The van der Waals surface area contributed by atoms with Gasteiger partial charge in [0.25, 0.3) is 0 Å². The van der Waals surface area contributed by atoms with Crippen molar-refractivity contribution in [1.29, 1.82) is 0 Å². The third-order valence-corrected chi connectivity index (χ3v) is 4.43. The molecule has 3 heteroatoms. The molecule has 0 N–H and O–H groups in total. The van der Waals surface area contributed by atoms with Gasteiger partial charge >= 0.3 is 0 Å². The van der Waals surface area contributed by atoms with Crippen molar-refractivity contribution in [1.82, 2.24) is 0 Å². The average molecular weight is 363 g/mol. The van der Waals surface area contributed by atoms with E-state index >= 15 is 0 Å². The molecular weight excluding hydrogens is 332 g/mol. The van der Waals surface area contributed by atoms with Gasteiger partial charge in [0, 0.05) is 5.88 Å². The molecule has 0 heterocycles. The molecule has 2 aromatic carbocycles. The number of fused-ring (bicyclic) bond motifs is 1. The molecule has 0 aliphatic carbocycles. The Morgan fingerprint density at radius 3 is 1.92 bits per heavy atom. The van der Waals surface area contributed by atoms with Gasteiger partial charge in [-0.3, -0.25) is 0 Å². The highest BCUT2D eigenvalue weighted by Crippen LogP contribution is 2.25. The van der Waals surface area contributed by atoms with Crippen molar-refractivity contribution in [2.24, 2.45) is 5.92 Å². The van der Waals surface area contributed by atoms with E-state index in [-0.39, 0.29) is 0 Å². The Morgan fingerprint density at radius 1 is 0.760 bits per heavy atom. The van der Waals surface area contributed by atoms with Gasteiger partial charge in [-0.05, 0) is 53.8 Å². The fourth-order valence-electron chi connectivity index (χ4n) is 2.74. The van der Waals surface area contributed by atoms with E-state index in [1.54, 1.807) is 0 Å². The number of halogens is 1. The maximum atomic E-state index is 5.90. The van der Waals surface area contributed by atoms with Gasteiger partial charge in [-0.15, -0.1) is 11.6 Å². The van der Waals surface area contributed by atoms with Crippen LogP contribution in [0.25, 0.3) is 10.8 Å². The molecule has 0 spiro atoms. The number of hydrogen-bond donors (Lipinski definition) is 0. The quantitative estimate of drug-likeness (QED) is 0.304. The van der Waals surface area contributed by atoms with Crippen LogP contribution in [0.1, 0.15) is 52.4 Å². The Labute approximate surface area is 157 Å². The van der Waals surface area contributed by atoms with Crippen LogP contribution in [0.4, 0.5) is 0 Å². The van der Waals surface area contributed by atoms with Gasteiger partial charge in [-0.1, -0.05) is 51.7 Å². The van der Waals surface area contributed by atoms with Crippen molar-refractivity contribution in [3.63, 3.8) is 0 Å². The third-order valence-electron chi connectivity index (χ3n) is 4.16. The largest absolute Gasteiger partial charge is 0.494 e. The molecule has 2 nitrogen and oxygen atoms in total. The van der Waals surface area contributed by atoms with E-state index in [2.05, 4.69) is 44.2 Å². The molecule has 0 bridgehead atoms. The Balaban J connectivity index is 1.76. The fraction of sp³-hybridized carbons (Fsp3) is 0.545. The van der Waals surface area contributed by atoms with Crippen molar-refractivity contribution < 1.29 is 9.47 Å². The molecule has 25 heavy (non-hydrogen) atoms. The summed E-state index contributed by atoms with van der Waals surface area (Å²) < 4.78 is 11.7. The summed E-state index contributed by atoms with van der Waals surface area (Å²) in [7, 11) is 0. The second-order valence-corrected chi connectivity index (χ2v) is 7.41. The first-order chi connectivity index (χ1) is 12.2. The Kier molecular flexibility index (Phi) is 8.96. The Morgan fingerprint density at radius 2 is 1.32 bits per heavy atom. The Bertz CT molecular complexity index is 624. The van der Waals surface area contributed by atoms with E-state index in [0.717, 1.165) is 43.4 Å². The van der Waals surface area contributed by atoms with Crippen LogP contribution in [-0.2, 0) is 0 Å². The number of alkyl halides is 1. The maximum Gasteiger partial charge on any atom is 0.119 e. The van der Waals surface area contributed by atoms with Crippen LogP contribution >= 0.6 is 11.6 Å².